The van der Waals surface area contributed by atoms with Gasteiger partial charge < -0.3 is 10.4 Å². The maximum atomic E-state index is 11.9. The van der Waals surface area contributed by atoms with E-state index >= 15 is 0 Å². The van der Waals surface area contributed by atoms with Crippen LogP contribution in [0.1, 0.15) is 21.6 Å². The van der Waals surface area contributed by atoms with Gasteiger partial charge in [0.05, 0.1) is 0 Å². The first-order valence-electron chi connectivity index (χ1n) is 6.15. The van der Waals surface area contributed by atoms with Gasteiger partial charge in [-0.1, -0.05) is 24.0 Å². The number of nitrogens with zero attached hydrogens (tertiary/aromatic N) is 2. The number of hydrogen-bond donors (Lipinski definition) is 2. The summed E-state index contributed by atoms with van der Waals surface area (Å²) < 4.78 is 1.53. The summed E-state index contributed by atoms with van der Waals surface area (Å²) in [6, 6.07) is 9.18. The molecule has 2 rings (SSSR count). The molecule has 0 spiro atoms. The fourth-order valence-corrected chi connectivity index (χ4v) is 1.77. The van der Waals surface area contributed by atoms with Crippen LogP contribution >= 0.6 is 0 Å². The Labute approximate surface area is 117 Å². The van der Waals surface area contributed by atoms with Gasteiger partial charge in [-0.25, -0.2) is 0 Å². The molecule has 1 amide bonds. The molecule has 20 heavy (non-hydrogen) atoms. The summed E-state index contributed by atoms with van der Waals surface area (Å²) in [6.07, 6.45) is 1.58. The predicted molar refractivity (Wildman–Crippen MR) is 74.8 cm³/mol. The molecule has 0 radical (unpaired) electrons. The van der Waals surface area contributed by atoms with Crippen molar-refractivity contribution in [3.63, 3.8) is 0 Å². The second kappa shape index (κ2) is 6.55. The van der Waals surface area contributed by atoms with Crippen molar-refractivity contribution in [2.45, 2.75) is 6.54 Å². The lowest BCUT2D eigenvalue weighted by Gasteiger charge is -2.06. The molecule has 5 heteroatoms. The molecule has 0 atom stereocenters. The molecule has 102 valence electrons. The van der Waals surface area contributed by atoms with Crippen LogP contribution < -0.4 is 5.32 Å². The van der Waals surface area contributed by atoms with E-state index in [1.165, 1.54) is 4.68 Å². The number of nitrogens with one attached hydrogen (secondary N) is 1. The number of carbonyl (C=O) groups is 1. The summed E-state index contributed by atoms with van der Waals surface area (Å²) in [5.74, 6) is 5.26. The van der Waals surface area contributed by atoms with Crippen LogP contribution in [-0.4, -0.2) is 27.4 Å². The molecule has 2 N–H and O–H groups in total. The number of aryl methyl sites for hydroxylation is 1. The van der Waals surface area contributed by atoms with Gasteiger partial charge in [0.15, 0.2) is 0 Å². The van der Waals surface area contributed by atoms with E-state index in [0.717, 1.165) is 11.1 Å². The number of aliphatic hydroxyl groups is 1. The standard InChI is InChI=1S/C15H15N3O2/c1-18-14(7-8-17-18)15(20)16-11-13-5-2-4-12(10-13)6-3-9-19/h2,4-5,7-8,10,19H,9,11H2,1H3,(H,16,20). The van der Waals surface area contributed by atoms with E-state index in [-0.39, 0.29) is 12.5 Å². The maximum Gasteiger partial charge on any atom is 0.269 e. The molecule has 0 unspecified atom stereocenters. The van der Waals surface area contributed by atoms with Crippen molar-refractivity contribution in [1.82, 2.24) is 15.1 Å². The molecule has 0 aliphatic rings. The zero-order valence-corrected chi connectivity index (χ0v) is 11.1. The minimum atomic E-state index is -0.170. The smallest absolute Gasteiger partial charge is 0.269 e. The van der Waals surface area contributed by atoms with Crippen molar-refractivity contribution in [2.24, 2.45) is 7.05 Å². The van der Waals surface area contributed by atoms with E-state index in [2.05, 4.69) is 22.3 Å². The Kier molecular flexibility index (Phi) is 4.53. The molecule has 0 bridgehead atoms. The molecular weight excluding hydrogens is 254 g/mol. The summed E-state index contributed by atoms with van der Waals surface area (Å²) in [4.78, 5) is 11.9. The first kappa shape index (κ1) is 13.8. The zero-order chi connectivity index (χ0) is 14.4. The Morgan fingerprint density at radius 2 is 2.30 bits per heavy atom. The van der Waals surface area contributed by atoms with Crippen LogP contribution in [0.15, 0.2) is 36.5 Å². The Bertz CT molecular complexity index is 665. The van der Waals surface area contributed by atoms with E-state index < -0.39 is 0 Å². The van der Waals surface area contributed by atoms with Crippen LogP contribution in [0.2, 0.25) is 0 Å². The molecule has 5 nitrogen and oxygen atoms in total. The van der Waals surface area contributed by atoms with Crippen LogP contribution in [0.4, 0.5) is 0 Å². The van der Waals surface area contributed by atoms with E-state index in [0.29, 0.717) is 12.2 Å². The van der Waals surface area contributed by atoms with Crippen molar-refractivity contribution in [3.05, 3.63) is 53.3 Å². The molecule has 0 saturated carbocycles. The maximum absolute atomic E-state index is 11.9. The third kappa shape index (κ3) is 3.46. The van der Waals surface area contributed by atoms with Crippen LogP contribution in [-0.2, 0) is 13.6 Å². The van der Waals surface area contributed by atoms with Gasteiger partial charge in [-0.2, -0.15) is 5.10 Å². The van der Waals surface area contributed by atoms with Gasteiger partial charge in [0, 0.05) is 25.4 Å². The molecular formula is C15H15N3O2. The van der Waals surface area contributed by atoms with Crippen LogP contribution in [0.25, 0.3) is 0 Å². The molecule has 0 fully saturated rings. The lowest BCUT2D eigenvalue weighted by atomic mass is 10.1. The second-order valence-electron chi connectivity index (χ2n) is 4.18. The quantitative estimate of drug-likeness (QED) is 0.806. The molecule has 2 aromatic rings. The van der Waals surface area contributed by atoms with Crippen molar-refractivity contribution >= 4 is 5.91 Å². The van der Waals surface area contributed by atoms with Crippen molar-refractivity contribution in [2.75, 3.05) is 6.61 Å². The Morgan fingerprint density at radius 3 is 3.00 bits per heavy atom. The summed E-state index contributed by atoms with van der Waals surface area (Å²) in [6.45, 7) is 0.250. The lowest BCUT2D eigenvalue weighted by molar-refractivity contribution is 0.0941. The number of rotatable bonds is 3. The third-order valence-corrected chi connectivity index (χ3v) is 2.75. The molecule has 1 heterocycles. The average molecular weight is 269 g/mol. The van der Waals surface area contributed by atoms with E-state index in [1.54, 1.807) is 19.3 Å². The minimum Gasteiger partial charge on any atom is -0.384 e. The lowest BCUT2D eigenvalue weighted by Crippen LogP contribution is -2.25. The molecule has 1 aromatic carbocycles. The van der Waals surface area contributed by atoms with Crippen molar-refractivity contribution < 1.29 is 9.90 Å². The largest absolute Gasteiger partial charge is 0.384 e. The highest BCUT2D eigenvalue weighted by atomic mass is 16.2. The van der Waals surface area contributed by atoms with Crippen LogP contribution in [0.3, 0.4) is 0 Å². The van der Waals surface area contributed by atoms with E-state index in [9.17, 15) is 4.79 Å². The fraction of sp³-hybridized carbons (Fsp3) is 0.200. The Morgan fingerprint density at radius 1 is 1.45 bits per heavy atom. The highest BCUT2D eigenvalue weighted by Crippen LogP contribution is 2.04. The number of aliphatic hydroxyl groups excluding tert-OH is 1. The first-order valence-corrected chi connectivity index (χ1v) is 6.15. The molecule has 0 aliphatic heterocycles. The topological polar surface area (TPSA) is 67.2 Å². The summed E-state index contributed by atoms with van der Waals surface area (Å²) in [5.41, 5.74) is 2.28. The normalized spacial score (nSPS) is 9.70. The Balaban J connectivity index is 2.01. The highest BCUT2D eigenvalue weighted by molar-refractivity contribution is 5.92. The zero-order valence-electron chi connectivity index (χ0n) is 11.1. The third-order valence-electron chi connectivity index (χ3n) is 2.75. The number of carbonyl (C=O) groups excluding carboxylic acids is 1. The van der Waals surface area contributed by atoms with Gasteiger partial charge in [-0.15, -0.1) is 0 Å². The van der Waals surface area contributed by atoms with Crippen molar-refractivity contribution in [1.29, 1.82) is 0 Å². The number of benzene rings is 1. The molecule has 0 saturated heterocycles. The summed E-state index contributed by atoms with van der Waals surface area (Å²) in [5, 5.41) is 15.4. The molecule has 1 aromatic heterocycles. The number of hydrogen-bond acceptors (Lipinski definition) is 3. The predicted octanol–water partition coefficient (Wildman–Crippen LogP) is 0.694. The van der Waals surface area contributed by atoms with E-state index in [4.69, 9.17) is 5.11 Å². The van der Waals surface area contributed by atoms with Gasteiger partial charge in [-0.3, -0.25) is 9.48 Å². The van der Waals surface area contributed by atoms with E-state index in [1.807, 2.05) is 24.3 Å². The van der Waals surface area contributed by atoms with Gasteiger partial charge in [0.2, 0.25) is 0 Å². The average Bonchev–Trinajstić information content (AvgIpc) is 2.89. The van der Waals surface area contributed by atoms with Crippen LogP contribution in [0, 0.1) is 11.8 Å². The first-order chi connectivity index (χ1) is 9.70. The number of amides is 1. The molecule has 0 aliphatic carbocycles. The van der Waals surface area contributed by atoms with Gasteiger partial charge >= 0.3 is 0 Å². The monoisotopic (exact) mass is 269 g/mol. The van der Waals surface area contributed by atoms with Crippen molar-refractivity contribution in [3.8, 4) is 11.8 Å². The van der Waals surface area contributed by atoms with Crippen LogP contribution in [0.5, 0.6) is 0 Å². The summed E-state index contributed by atoms with van der Waals surface area (Å²) >= 11 is 0. The SMILES string of the molecule is Cn1nccc1C(=O)NCc1cccc(C#CCO)c1. The minimum absolute atomic E-state index is 0.165. The van der Waals surface area contributed by atoms with Gasteiger partial charge in [0.1, 0.15) is 12.3 Å². The Hall–Kier alpha value is -2.58. The van der Waals surface area contributed by atoms with Gasteiger partial charge in [0.25, 0.3) is 5.91 Å². The second-order valence-corrected chi connectivity index (χ2v) is 4.18. The highest BCUT2D eigenvalue weighted by Gasteiger charge is 2.08. The number of aromatic nitrogens is 2. The summed E-state index contributed by atoms with van der Waals surface area (Å²) in [7, 11) is 1.72. The van der Waals surface area contributed by atoms with Gasteiger partial charge in [-0.05, 0) is 23.8 Å². The fourth-order valence-electron chi connectivity index (χ4n) is 1.77.